The van der Waals surface area contributed by atoms with Crippen LogP contribution in [0.5, 0.6) is 0 Å². The first kappa shape index (κ1) is 18.6. The minimum atomic E-state index is -0.413. The maximum Gasteiger partial charge on any atom is 0.147 e. The molecule has 2 N–H and O–H groups in total. The largest absolute Gasteiger partial charge is 0.382 e. The highest BCUT2D eigenvalue weighted by Crippen LogP contribution is 2.65. The monoisotopic (exact) mass is 417 g/mol. The molecular weight excluding hydrogens is 390 g/mol. The lowest BCUT2D eigenvalue weighted by molar-refractivity contribution is 0.00749. The van der Waals surface area contributed by atoms with Crippen LogP contribution < -0.4 is 5.73 Å². The molecule has 0 bridgehead atoms. The summed E-state index contributed by atoms with van der Waals surface area (Å²) in [4.78, 5) is 11.3. The molecule has 1 aromatic carbocycles. The number of hydrogen-bond acceptors (Lipinski definition) is 5. The average Bonchev–Trinajstić information content (AvgIpc) is 3.37. The Bertz CT molecular complexity index is 1120. The number of thiazole rings is 1. The summed E-state index contributed by atoms with van der Waals surface area (Å²) in [7, 11) is 1.84. The fraction of sp³-hybridized carbons (Fsp3) is 0.520. The van der Waals surface area contributed by atoms with Crippen molar-refractivity contribution in [2.75, 3.05) is 7.11 Å². The summed E-state index contributed by atoms with van der Waals surface area (Å²) in [6.07, 6.45) is 8.22. The zero-order chi connectivity index (χ0) is 20.5. The number of fused-ring (bicyclic) bond motifs is 5. The number of amidine groups is 1. The fourth-order valence-electron chi connectivity index (χ4n) is 5.93. The van der Waals surface area contributed by atoms with Crippen LogP contribution in [0.4, 0.5) is 0 Å². The van der Waals surface area contributed by atoms with E-state index in [0.29, 0.717) is 17.9 Å². The number of aliphatic imine (C=N–C) groups is 1. The Kier molecular flexibility index (Phi) is 3.98. The standard InChI is InChI=1S/C25H27N3OS/c1-15-27-21-22(30-15)25(28-23(21)26)20-13-17(6-5-16-3-4-16)7-8-18(20)14-24(25)11-9-19(29-2)10-12-24/h7-8,13,16,19H,3-4,9-12,14H2,1-2H3,(H2,26,28). The highest BCUT2D eigenvalue weighted by molar-refractivity contribution is 7.12. The van der Waals surface area contributed by atoms with Crippen molar-refractivity contribution in [1.29, 1.82) is 0 Å². The highest BCUT2D eigenvalue weighted by atomic mass is 32.1. The van der Waals surface area contributed by atoms with Gasteiger partial charge in [0.2, 0.25) is 0 Å². The molecule has 2 saturated carbocycles. The van der Waals surface area contributed by atoms with Crippen LogP contribution in [-0.4, -0.2) is 24.0 Å². The van der Waals surface area contributed by atoms with E-state index in [0.717, 1.165) is 48.4 Å². The van der Waals surface area contributed by atoms with E-state index in [-0.39, 0.29) is 5.41 Å². The summed E-state index contributed by atoms with van der Waals surface area (Å²) in [5, 5.41) is 1.07. The van der Waals surface area contributed by atoms with Crippen LogP contribution in [-0.2, 0) is 16.7 Å². The predicted octanol–water partition coefficient (Wildman–Crippen LogP) is 4.31. The quantitative estimate of drug-likeness (QED) is 0.704. The molecule has 0 saturated heterocycles. The highest BCUT2D eigenvalue weighted by Gasteiger charge is 2.63. The third-order valence-corrected chi connectivity index (χ3v) is 8.69. The van der Waals surface area contributed by atoms with Crippen molar-refractivity contribution in [2.24, 2.45) is 22.1 Å². The first-order valence-electron chi connectivity index (χ1n) is 11.1. The van der Waals surface area contributed by atoms with Crippen molar-refractivity contribution in [2.45, 2.75) is 63.5 Å². The lowest BCUT2D eigenvalue weighted by atomic mass is 9.61. The summed E-state index contributed by atoms with van der Waals surface area (Å²) in [5.41, 5.74) is 10.9. The van der Waals surface area contributed by atoms with Crippen LogP contribution in [0.15, 0.2) is 23.2 Å². The second-order valence-electron chi connectivity index (χ2n) is 9.43. The van der Waals surface area contributed by atoms with Gasteiger partial charge in [0.25, 0.3) is 0 Å². The summed E-state index contributed by atoms with van der Waals surface area (Å²) in [6.45, 7) is 2.08. The third kappa shape index (κ3) is 2.50. The first-order chi connectivity index (χ1) is 14.5. The lowest BCUT2D eigenvalue weighted by Gasteiger charge is -2.46. The summed E-state index contributed by atoms with van der Waals surface area (Å²) in [6, 6.07) is 6.80. The van der Waals surface area contributed by atoms with E-state index in [9.17, 15) is 0 Å². The molecule has 2 spiro atoms. The Hall–Kier alpha value is -2.16. The molecule has 5 heteroatoms. The number of ether oxygens (including phenoxy) is 1. The summed E-state index contributed by atoms with van der Waals surface area (Å²) < 4.78 is 5.71. The maximum atomic E-state index is 6.50. The molecule has 3 aliphatic carbocycles. The van der Waals surface area contributed by atoms with E-state index >= 15 is 0 Å². The van der Waals surface area contributed by atoms with E-state index in [1.165, 1.54) is 28.8 Å². The van der Waals surface area contributed by atoms with Gasteiger partial charge in [-0.05, 0) is 75.1 Å². The lowest BCUT2D eigenvalue weighted by Crippen LogP contribution is -2.44. The van der Waals surface area contributed by atoms with Gasteiger partial charge in [-0.3, -0.25) is 0 Å². The van der Waals surface area contributed by atoms with E-state index in [4.69, 9.17) is 20.4 Å². The molecule has 4 nitrogen and oxygen atoms in total. The number of rotatable bonds is 1. The Morgan fingerprint density at radius 1 is 1.20 bits per heavy atom. The van der Waals surface area contributed by atoms with E-state index in [2.05, 4.69) is 37.0 Å². The number of nitrogens with zero attached hydrogens (tertiary/aromatic N) is 2. The van der Waals surface area contributed by atoms with Crippen molar-refractivity contribution in [3.63, 3.8) is 0 Å². The topological polar surface area (TPSA) is 60.5 Å². The Balaban J connectivity index is 1.54. The predicted molar refractivity (Wildman–Crippen MR) is 120 cm³/mol. The molecule has 30 heavy (non-hydrogen) atoms. The molecule has 2 aromatic rings. The van der Waals surface area contributed by atoms with Gasteiger partial charge in [-0.25, -0.2) is 9.98 Å². The SMILES string of the molecule is COC1CCC2(CC1)Cc1ccc(C#CC3CC3)cc1C21N=C(N)c2nc(C)sc21. The number of hydrogen-bond donors (Lipinski definition) is 1. The van der Waals surface area contributed by atoms with Gasteiger partial charge in [-0.1, -0.05) is 17.9 Å². The van der Waals surface area contributed by atoms with Gasteiger partial charge < -0.3 is 10.5 Å². The van der Waals surface area contributed by atoms with Crippen molar-refractivity contribution < 1.29 is 4.74 Å². The fourth-order valence-corrected chi connectivity index (χ4v) is 7.13. The smallest absolute Gasteiger partial charge is 0.147 e. The summed E-state index contributed by atoms with van der Waals surface area (Å²) in [5.74, 6) is 8.05. The van der Waals surface area contributed by atoms with Crippen LogP contribution in [0.1, 0.15) is 70.8 Å². The van der Waals surface area contributed by atoms with Crippen molar-refractivity contribution in [3.8, 4) is 11.8 Å². The Labute approximate surface area is 182 Å². The second kappa shape index (κ2) is 6.42. The zero-order valence-corrected chi connectivity index (χ0v) is 18.4. The number of benzene rings is 1. The number of aryl methyl sites for hydroxylation is 1. The first-order valence-corrected chi connectivity index (χ1v) is 11.9. The zero-order valence-electron chi connectivity index (χ0n) is 17.6. The minimum Gasteiger partial charge on any atom is -0.382 e. The molecule has 1 atom stereocenters. The van der Waals surface area contributed by atoms with Crippen LogP contribution in [0.2, 0.25) is 0 Å². The van der Waals surface area contributed by atoms with Crippen LogP contribution in [0.25, 0.3) is 0 Å². The minimum absolute atomic E-state index is 0.0434. The second-order valence-corrected chi connectivity index (χ2v) is 10.6. The van der Waals surface area contributed by atoms with E-state index in [1.54, 1.807) is 11.3 Å². The molecule has 2 heterocycles. The molecule has 1 aliphatic heterocycles. The van der Waals surface area contributed by atoms with E-state index in [1.807, 2.05) is 7.11 Å². The molecule has 1 aromatic heterocycles. The van der Waals surface area contributed by atoms with Gasteiger partial charge in [-0.2, -0.15) is 0 Å². The van der Waals surface area contributed by atoms with Crippen molar-refractivity contribution in [1.82, 2.24) is 4.98 Å². The van der Waals surface area contributed by atoms with Crippen LogP contribution in [0.3, 0.4) is 0 Å². The number of nitrogens with two attached hydrogens (primary N) is 1. The van der Waals surface area contributed by atoms with Crippen molar-refractivity contribution >= 4 is 17.2 Å². The molecular formula is C25H27N3OS. The van der Waals surface area contributed by atoms with E-state index < -0.39 is 5.54 Å². The van der Waals surface area contributed by atoms with Crippen molar-refractivity contribution in [3.05, 3.63) is 50.5 Å². The number of aromatic nitrogens is 1. The Morgan fingerprint density at radius 3 is 2.73 bits per heavy atom. The van der Waals surface area contributed by atoms with Gasteiger partial charge in [0.05, 0.1) is 16.0 Å². The van der Waals surface area contributed by atoms with Gasteiger partial charge in [0.15, 0.2) is 0 Å². The molecule has 154 valence electrons. The van der Waals surface area contributed by atoms with Gasteiger partial charge >= 0.3 is 0 Å². The molecule has 1 unspecified atom stereocenters. The summed E-state index contributed by atoms with van der Waals surface area (Å²) >= 11 is 1.78. The molecule has 4 aliphatic rings. The Morgan fingerprint density at radius 2 is 2.00 bits per heavy atom. The average molecular weight is 418 g/mol. The normalized spacial score (nSPS) is 31.4. The molecule has 0 radical (unpaired) electrons. The molecule has 2 fully saturated rings. The third-order valence-electron chi connectivity index (χ3n) is 7.61. The van der Waals surface area contributed by atoms with Crippen LogP contribution in [0, 0.1) is 30.1 Å². The number of methoxy groups -OCH3 is 1. The van der Waals surface area contributed by atoms with Gasteiger partial charge in [0, 0.05) is 24.0 Å². The van der Waals surface area contributed by atoms with Gasteiger partial charge in [0.1, 0.15) is 17.1 Å². The van der Waals surface area contributed by atoms with Crippen LogP contribution >= 0.6 is 11.3 Å². The molecule has 6 rings (SSSR count). The molecule has 0 amide bonds. The maximum absolute atomic E-state index is 6.50. The van der Waals surface area contributed by atoms with Gasteiger partial charge in [-0.15, -0.1) is 11.3 Å².